The van der Waals surface area contributed by atoms with E-state index in [0.29, 0.717) is 0 Å². The molecule has 0 N–H and O–H groups in total. The molecule has 0 saturated carbocycles. The smallest absolute Gasteiger partial charge is 0.424 e. The van der Waals surface area contributed by atoms with Crippen LogP contribution >= 0.6 is 0 Å². The van der Waals surface area contributed by atoms with Gasteiger partial charge in [-0.3, -0.25) is 4.81 Å². The quantitative estimate of drug-likeness (QED) is 0.343. The van der Waals surface area contributed by atoms with Crippen LogP contribution in [0.25, 0.3) is 0 Å². The Morgan fingerprint density at radius 2 is 0.882 bits per heavy atom. The van der Waals surface area contributed by atoms with Crippen molar-refractivity contribution in [1.29, 1.82) is 0 Å². The van der Waals surface area contributed by atoms with Gasteiger partial charge in [0.2, 0.25) is 0 Å². The average molecular weight is 526 g/mol. The van der Waals surface area contributed by atoms with Crippen molar-refractivity contribution in [3.8, 4) is 0 Å². The summed E-state index contributed by atoms with van der Waals surface area (Å²) >= 11 is 0. The second kappa shape index (κ2) is 8.30. The molecule has 0 bridgehead atoms. The van der Waals surface area contributed by atoms with Gasteiger partial charge in [0, 0.05) is 11.1 Å². The van der Waals surface area contributed by atoms with Crippen molar-refractivity contribution in [3.05, 3.63) is 0 Å². The Hall–Kier alpha value is 0.596. The van der Waals surface area contributed by atoms with Crippen LogP contribution in [-0.2, 0) is 8.69 Å². The molecule has 200 valence electrons. The average Bonchev–Trinajstić information content (AvgIpc) is 2.50. The number of hydrogen-bond donors (Lipinski definition) is 0. The zero-order valence-corrected chi connectivity index (χ0v) is 29.5. The van der Waals surface area contributed by atoms with E-state index in [2.05, 4.69) is 129 Å². The van der Waals surface area contributed by atoms with Gasteiger partial charge < -0.3 is 8.69 Å². The molecule has 3 nitrogen and oxygen atoms in total. The van der Waals surface area contributed by atoms with Gasteiger partial charge in [-0.25, -0.2) is 0 Å². The van der Waals surface area contributed by atoms with Crippen molar-refractivity contribution in [3.63, 3.8) is 0 Å². The third kappa shape index (κ3) is 4.15. The molecule has 0 amide bonds. The van der Waals surface area contributed by atoms with Crippen molar-refractivity contribution in [1.82, 2.24) is 4.81 Å². The molecule has 0 spiro atoms. The fraction of sp³-hybridized carbons (Fsp3) is 1.00. The van der Waals surface area contributed by atoms with Crippen LogP contribution in [0.4, 0.5) is 0 Å². The van der Waals surface area contributed by atoms with Gasteiger partial charge in [0.15, 0.2) is 0 Å². The second-order valence-corrected chi connectivity index (χ2v) is 40.9. The van der Waals surface area contributed by atoms with E-state index in [1.54, 1.807) is 0 Å². The monoisotopic (exact) mass is 525 g/mol. The van der Waals surface area contributed by atoms with E-state index in [4.69, 9.17) is 8.69 Å². The van der Waals surface area contributed by atoms with Crippen molar-refractivity contribution in [2.45, 2.75) is 174 Å². The molecule has 7 heteroatoms. The Labute approximate surface area is 217 Å². The maximum Gasteiger partial charge on any atom is 0.539 e. The van der Waals surface area contributed by atoms with Gasteiger partial charge in [0.05, 0.1) is 0 Å². The van der Waals surface area contributed by atoms with Crippen LogP contribution in [0, 0.1) is 0 Å². The van der Waals surface area contributed by atoms with Crippen LogP contribution < -0.4 is 0 Å². The zero-order valence-electron chi connectivity index (χ0n) is 26.5. The van der Waals surface area contributed by atoms with Gasteiger partial charge in [-0.1, -0.05) is 96.2 Å². The van der Waals surface area contributed by atoms with E-state index in [-0.39, 0.29) is 38.5 Å². The van der Waals surface area contributed by atoms with Crippen LogP contribution in [-0.4, -0.2) is 45.9 Å². The molecule has 2 saturated heterocycles. The Balaban J connectivity index is 2.85. The summed E-state index contributed by atoms with van der Waals surface area (Å²) in [5.41, 5.74) is 0.158. The molecule has 0 aromatic carbocycles. The number of hydrogen-bond acceptors (Lipinski definition) is 3. The van der Waals surface area contributed by atoms with Crippen molar-refractivity contribution in [2.75, 3.05) is 0 Å². The highest BCUT2D eigenvalue weighted by molar-refractivity contribution is 7.69. The Bertz CT molecular complexity index is 679. The third-order valence-electron chi connectivity index (χ3n) is 10.9. The van der Waals surface area contributed by atoms with Crippen LogP contribution in [0.2, 0.25) is 33.2 Å². The first-order valence-electron chi connectivity index (χ1n) is 13.8. The maximum atomic E-state index is 7.74. The molecule has 2 heterocycles. The van der Waals surface area contributed by atoms with Crippen molar-refractivity contribution >= 4 is 30.0 Å². The normalized spacial score (nSPS) is 24.7. The Morgan fingerprint density at radius 3 is 1.12 bits per heavy atom. The first kappa shape index (κ1) is 30.8. The summed E-state index contributed by atoms with van der Waals surface area (Å²) in [6.45, 7) is 44.9. The lowest BCUT2D eigenvalue weighted by Gasteiger charge is -2.74. The van der Waals surface area contributed by atoms with Crippen LogP contribution in [0.15, 0.2) is 0 Å². The lowest BCUT2D eigenvalue weighted by Crippen LogP contribution is -2.95. The number of rotatable bonds is 3. The molecule has 2 aliphatic heterocycles. The van der Waals surface area contributed by atoms with E-state index < -0.39 is 22.8 Å². The minimum absolute atomic E-state index is 0.0792. The van der Waals surface area contributed by atoms with Gasteiger partial charge in [-0.2, -0.15) is 0 Å². The van der Waals surface area contributed by atoms with Gasteiger partial charge in [0.25, 0.3) is 7.60 Å². The molecular weight excluding hydrogens is 465 g/mol. The fourth-order valence-electron chi connectivity index (χ4n) is 8.18. The third-order valence-corrected chi connectivity index (χ3v) is 54.0. The van der Waals surface area contributed by atoms with E-state index in [0.717, 1.165) is 0 Å². The van der Waals surface area contributed by atoms with Gasteiger partial charge in [-0.15, -0.1) is 0 Å². The minimum Gasteiger partial charge on any atom is -0.424 e. The fourth-order valence-corrected chi connectivity index (χ4v) is 60.8. The Morgan fingerprint density at radius 1 is 0.618 bits per heavy atom. The molecule has 0 aliphatic carbocycles. The largest absolute Gasteiger partial charge is 0.539 e. The standard InChI is InChI=1S/C27H60BNO2Si3/c1-22(2,3)32(17,23(4,5)6)34(33(18,24(7,8)9)25(10,11)12)30-28(31-34)29-26(13,14)20-19-21-27(29,15)16/h19-21H2,1-18H3. The summed E-state index contributed by atoms with van der Waals surface area (Å²) in [6, 6.07) is 0. The highest BCUT2D eigenvalue weighted by Gasteiger charge is 2.83. The molecule has 0 aromatic rings. The summed E-state index contributed by atoms with van der Waals surface area (Å²) in [4.78, 5) is 2.62. The predicted molar refractivity (Wildman–Crippen MR) is 160 cm³/mol. The molecule has 34 heavy (non-hydrogen) atoms. The number of nitrogens with zero attached hydrogens (tertiary/aromatic N) is 1. The molecule has 0 atom stereocenters. The van der Waals surface area contributed by atoms with E-state index in [9.17, 15) is 0 Å². The summed E-state index contributed by atoms with van der Waals surface area (Å²) in [5, 5.41) is 0.723. The Kier molecular flexibility index (Phi) is 7.52. The highest BCUT2D eigenvalue weighted by atomic mass is 29.7. The van der Waals surface area contributed by atoms with Crippen LogP contribution in [0.1, 0.15) is 130 Å². The topological polar surface area (TPSA) is 21.7 Å². The SMILES string of the molecule is CC1(C)CCCC(C)(C)N1B1O[Si]([Si](C)(C(C)(C)C)C(C)(C)C)([Si](C)(C(C)(C)C)C(C)(C)C)O1. The summed E-state index contributed by atoms with van der Waals surface area (Å²) < 4.78 is 15.5. The first-order chi connectivity index (χ1) is 14.6. The molecule has 2 rings (SSSR count). The molecular formula is C27H60BNO2Si3. The van der Waals surface area contributed by atoms with E-state index in [1.807, 2.05) is 0 Å². The molecule has 0 aromatic heterocycles. The lowest BCUT2D eigenvalue weighted by molar-refractivity contribution is 0.00473. The predicted octanol–water partition coefficient (Wildman–Crippen LogP) is 9.02. The van der Waals surface area contributed by atoms with Gasteiger partial charge in [0.1, 0.15) is 15.2 Å². The molecule has 2 aliphatic rings. The van der Waals surface area contributed by atoms with Gasteiger partial charge >= 0.3 is 7.25 Å². The van der Waals surface area contributed by atoms with Crippen molar-refractivity contribution < 1.29 is 8.69 Å². The van der Waals surface area contributed by atoms with Gasteiger partial charge in [-0.05, 0) is 67.1 Å². The summed E-state index contributed by atoms with van der Waals surface area (Å²) in [6.07, 6.45) is 3.68. The zero-order chi connectivity index (χ0) is 27.2. The maximum absolute atomic E-state index is 7.74. The van der Waals surface area contributed by atoms with E-state index in [1.165, 1.54) is 19.3 Å². The number of piperidine rings is 1. The first-order valence-corrected chi connectivity index (χ1v) is 22.6. The minimum atomic E-state index is -2.63. The van der Waals surface area contributed by atoms with Crippen LogP contribution in [0.5, 0.6) is 0 Å². The molecule has 0 radical (unpaired) electrons. The summed E-state index contributed by atoms with van der Waals surface area (Å²) in [5.74, 6) is 0. The highest BCUT2D eigenvalue weighted by Crippen LogP contribution is 2.67. The van der Waals surface area contributed by atoms with Crippen molar-refractivity contribution in [2.24, 2.45) is 0 Å². The summed E-state index contributed by atoms with van der Waals surface area (Å²) in [7, 11) is -7.12. The second-order valence-electron chi connectivity index (χ2n) is 17.3. The van der Waals surface area contributed by atoms with Crippen LogP contribution in [0.3, 0.4) is 0 Å². The lowest BCUT2D eigenvalue weighted by atomic mass is 9.74. The molecule has 0 unspecified atom stereocenters. The van der Waals surface area contributed by atoms with E-state index >= 15 is 0 Å². The molecule has 2 fully saturated rings.